The largest absolute Gasteiger partial charge is 0.339 e. The number of nitrogens with zero attached hydrogens (tertiary/aromatic N) is 4. The van der Waals surface area contributed by atoms with E-state index in [0.29, 0.717) is 0 Å². The molecule has 2 aromatic rings. The van der Waals surface area contributed by atoms with Crippen LogP contribution in [0.15, 0.2) is 49.1 Å². The van der Waals surface area contributed by atoms with Gasteiger partial charge in [-0.2, -0.15) is 0 Å². The summed E-state index contributed by atoms with van der Waals surface area (Å²) in [5, 5.41) is 0. The summed E-state index contributed by atoms with van der Waals surface area (Å²) in [6.45, 7) is 14.2. The van der Waals surface area contributed by atoms with Crippen molar-refractivity contribution in [3.05, 3.63) is 60.2 Å². The molecule has 0 aliphatic rings. The minimum absolute atomic E-state index is 0.170. The average molecular weight is 637 g/mol. The van der Waals surface area contributed by atoms with Crippen LogP contribution in [0.25, 0.3) is 0 Å². The van der Waals surface area contributed by atoms with Crippen molar-refractivity contribution in [2.45, 2.75) is 156 Å². The number of amides is 2. The van der Waals surface area contributed by atoms with E-state index in [-0.39, 0.29) is 11.8 Å². The molecule has 0 unspecified atom stereocenters. The summed E-state index contributed by atoms with van der Waals surface area (Å²) in [6, 6.07) is 8.00. The molecule has 46 heavy (non-hydrogen) atoms. The Balaban J connectivity index is 1.73. The van der Waals surface area contributed by atoms with Crippen LogP contribution in [0, 0.1) is 0 Å². The predicted octanol–water partition coefficient (Wildman–Crippen LogP) is 8.95. The molecule has 2 rings (SSSR count). The number of hydrogen-bond donors (Lipinski definition) is 0. The fourth-order valence-corrected chi connectivity index (χ4v) is 5.95. The lowest BCUT2D eigenvalue weighted by Crippen LogP contribution is -2.36. The van der Waals surface area contributed by atoms with Gasteiger partial charge in [-0.15, -0.1) is 0 Å². The second-order valence-electron chi connectivity index (χ2n) is 13.2. The summed E-state index contributed by atoms with van der Waals surface area (Å²) in [5.41, 5.74) is 1.61. The SMILES string of the molecule is CCCCCC[n+]1ccc(C(=O)N(CCCC)CCCCCCCCN(CCCC)C(=O)c2cc[n+](CCCCCC)cc2)cc1. The third-order valence-electron chi connectivity index (χ3n) is 9.06. The van der Waals surface area contributed by atoms with Gasteiger partial charge in [-0.1, -0.05) is 91.9 Å². The van der Waals surface area contributed by atoms with E-state index in [1.807, 2.05) is 24.3 Å². The Kier molecular flexibility index (Phi) is 21.7. The van der Waals surface area contributed by atoms with Gasteiger partial charge < -0.3 is 9.80 Å². The quantitative estimate of drug-likeness (QED) is 0.0726. The van der Waals surface area contributed by atoms with Crippen molar-refractivity contribution in [1.82, 2.24) is 9.80 Å². The van der Waals surface area contributed by atoms with Crippen LogP contribution in [0.4, 0.5) is 0 Å². The first-order valence-corrected chi connectivity index (χ1v) is 19.1. The molecule has 2 aromatic heterocycles. The number of aromatic nitrogens is 2. The summed E-state index contributed by atoms with van der Waals surface area (Å²) < 4.78 is 4.41. The van der Waals surface area contributed by atoms with Gasteiger partial charge in [-0.3, -0.25) is 9.59 Å². The number of carbonyl (C=O) groups excluding carboxylic acids is 2. The van der Waals surface area contributed by atoms with E-state index in [9.17, 15) is 9.59 Å². The van der Waals surface area contributed by atoms with Crippen LogP contribution in [0.1, 0.15) is 164 Å². The summed E-state index contributed by atoms with van der Waals surface area (Å²) in [5.74, 6) is 0.340. The van der Waals surface area contributed by atoms with Crippen LogP contribution >= 0.6 is 0 Å². The number of pyridine rings is 2. The van der Waals surface area contributed by atoms with E-state index < -0.39 is 0 Å². The Labute approximate surface area is 282 Å². The van der Waals surface area contributed by atoms with Gasteiger partial charge in [0.2, 0.25) is 0 Å². The molecular weight excluding hydrogens is 568 g/mol. The first-order chi connectivity index (χ1) is 22.5. The maximum Gasteiger partial charge on any atom is 0.254 e. The van der Waals surface area contributed by atoms with Gasteiger partial charge >= 0.3 is 0 Å². The number of carbonyl (C=O) groups is 2. The van der Waals surface area contributed by atoms with Crippen molar-refractivity contribution in [2.75, 3.05) is 26.2 Å². The molecule has 0 spiro atoms. The molecule has 0 atom stereocenters. The lowest BCUT2D eigenvalue weighted by molar-refractivity contribution is -0.697. The van der Waals surface area contributed by atoms with Crippen molar-refractivity contribution < 1.29 is 18.7 Å². The van der Waals surface area contributed by atoms with Crippen LogP contribution < -0.4 is 9.13 Å². The molecule has 0 saturated heterocycles. The molecule has 0 aliphatic carbocycles. The van der Waals surface area contributed by atoms with Gasteiger partial charge in [0.1, 0.15) is 13.1 Å². The molecule has 0 N–H and O–H groups in total. The van der Waals surface area contributed by atoms with Gasteiger partial charge in [0.25, 0.3) is 11.8 Å². The van der Waals surface area contributed by atoms with Crippen molar-refractivity contribution in [1.29, 1.82) is 0 Å². The molecule has 0 bridgehead atoms. The molecule has 0 aromatic carbocycles. The zero-order valence-corrected chi connectivity index (χ0v) is 30.2. The second kappa shape index (κ2) is 25.3. The standard InChI is InChI=1S/C40H68N4O2/c1-5-9-13-19-27-41-33-23-37(24-34-41)39(45)43(29-11-7-3)31-21-17-15-16-18-22-32-44(30-12-8-4)40(46)38-25-35-42(36-26-38)28-20-14-10-6-2/h23-26,33-36H,5-22,27-32H2,1-4H3/q+2. The Bertz CT molecular complexity index is 968. The molecule has 0 fully saturated rings. The molecule has 2 amide bonds. The van der Waals surface area contributed by atoms with Crippen LogP contribution in [-0.4, -0.2) is 47.8 Å². The molecule has 0 saturated carbocycles. The predicted molar refractivity (Wildman–Crippen MR) is 191 cm³/mol. The van der Waals surface area contributed by atoms with E-state index in [1.165, 1.54) is 64.2 Å². The number of rotatable bonds is 27. The van der Waals surface area contributed by atoms with Gasteiger partial charge in [0, 0.05) is 63.3 Å². The van der Waals surface area contributed by atoms with E-state index in [2.05, 4.69) is 71.4 Å². The third-order valence-corrected chi connectivity index (χ3v) is 9.06. The highest BCUT2D eigenvalue weighted by Crippen LogP contribution is 2.13. The highest BCUT2D eigenvalue weighted by Gasteiger charge is 2.18. The summed E-state index contributed by atoms with van der Waals surface area (Å²) in [7, 11) is 0. The van der Waals surface area contributed by atoms with E-state index in [1.54, 1.807) is 0 Å². The van der Waals surface area contributed by atoms with Crippen LogP contribution in [0.3, 0.4) is 0 Å². The van der Waals surface area contributed by atoms with Gasteiger partial charge in [0.05, 0.1) is 11.1 Å². The minimum Gasteiger partial charge on any atom is -0.339 e. The fraction of sp³-hybridized carbons (Fsp3) is 0.700. The topological polar surface area (TPSA) is 48.4 Å². The summed E-state index contributed by atoms with van der Waals surface area (Å²) in [4.78, 5) is 30.8. The Morgan fingerprint density at radius 2 is 0.739 bits per heavy atom. The summed E-state index contributed by atoms with van der Waals surface area (Å²) in [6.07, 6.45) is 29.3. The molecule has 258 valence electrons. The van der Waals surface area contributed by atoms with E-state index >= 15 is 0 Å². The first-order valence-electron chi connectivity index (χ1n) is 19.1. The first kappa shape index (κ1) is 39.4. The minimum atomic E-state index is 0.170. The molecule has 6 nitrogen and oxygen atoms in total. The van der Waals surface area contributed by atoms with Crippen LogP contribution in [-0.2, 0) is 13.1 Å². The van der Waals surface area contributed by atoms with Crippen molar-refractivity contribution >= 4 is 11.8 Å². The number of unbranched alkanes of at least 4 members (excludes halogenated alkanes) is 13. The van der Waals surface area contributed by atoms with Crippen molar-refractivity contribution in [3.63, 3.8) is 0 Å². The van der Waals surface area contributed by atoms with Crippen molar-refractivity contribution in [3.8, 4) is 0 Å². The Hall–Kier alpha value is -2.76. The fourth-order valence-electron chi connectivity index (χ4n) is 5.95. The van der Waals surface area contributed by atoms with Gasteiger partial charge in [0.15, 0.2) is 24.8 Å². The number of hydrogen-bond acceptors (Lipinski definition) is 2. The van der Waals surface area contributed by atoms with Gasteiger partial charge in [-0.25, -0.2) is 9.13 Å². The molecule has 0 radical (unpaired) electrons. The molecule has 6 heteroatoms. The van der Waals surface area contributed by atoms with E-state index in [4.69, 9.17) is 0 Å². The molecular formula is C40H68N4O2+2. The maximum absolute atomic E-state index is 13.3. The Morgan fingerprint density at radius 3 is 1.09 bits per heavy atom. The lowest BCUT2D eigenvalue weighted by atomic mass is 10.1. The highest BCUT2D eigenvalue weighted by atomic mass is 16.2. The summed E-state index contributed by atoms with van der Waals surface area (Å²) >= 11 is 0. The zero-order chi connectivity index (χ0) is 33.2. The smallest absolute Gasteiger partial charge is 0.254 e. The van der Waals surface area contributed by atoms with Crippen LogP contribution in [0.5, 0.6) is 0 Å². The molecule has 0 aliphatic heterocycles. The molecule has 2 heterocycles. The second-order valence-corrected chi connectivity index (χ2v) is 13.2. The average Bonchev–Trinajstić information content (AvgIpc) is 3.09. The monoisotopic (exact) mass is 637 g/mol. The maximum atomic E-state index is 13.3. The Morgan fingerprint density at radius 1 is 0.435 bits per heavy atom. The zero-order valence-electron chi connectivity index (χ0n) is 30.2. The highest BCUT2D eigenvalue weighted by molar-refractivity contribution is 5.94. The van der Waals surface area contributed by atoms with E-state index in [0.717, 1.165) is 102 Å². The van der Waals surface area contributed by atoms with Crippen LogP contribution in [0.2, 0.25) is 0 Å². The van der Waals surface area contributed by atoms with Gasteiger partial charge in [-0.05, 0) is 38.5 Å². The van der Waals surface area contributed by atoms with Crippen molar-refractivity contribution in [2.24, 2.45) is 0 Å². The number of aryl methyl sites for hydroxylation is 2. The third kappa shape index (κ3) is 16.2. The lowest BCUT2D eigenvalue weighted by Gasteiger charge is -2.23. The normalized spacial score (nSPS) is 11.1.